The van der Waals surface area contributed by atoms with Gasteiger partial charge in [-0.05, 0) is 18.1 Å². The number of amides is 1. The number of aryl methyl sites for hydroxylation is 1. The second kappa shape index (κ2) is 4.57. The third kappa shape index (κ3) is 3.21. The molecule has 0 spiro atoms. The molecule has 1 heterocycles. The van der Waals surface area contributed by atoms with Crippen LogP contribution in [0.2, 0.25) is 0 Å². The van der Waals surface area contributed by atoms with Crippen molar-refractivity contribution in [2.45, 2.75) is 13.3 Å². The number of hydrogen-bond donors (Lipinski definition) is 1. The molecule has 0 saturated carbocycles. The van der Waals surface area contributed by atoms with E-state index in [0.717, 1.165) is 11.1 Å². The molecule has 0 aromatic carbocycles. The summed E-state index contributed by atoms with van der Waals surface area (Å²) in [4.78, 5) is 19.5. The van der Waals surface area contributed by atoms with Crippen LogP contribution in [0.4, 0.5) is 0 Å². The Kier molecular flexibility index (Phi) is 3.40. The summed E-state index contributed by atoms with van der Waals surface area (Å²) in [5.41, 5.74) is 4.17. The van der Waals surface area contributed by atoms with Crippen LogP contribution in [0, 0.1) is 6.92 Å². The van der Waals surface area contributed by atoms with E-state index in [-0.39, 0.29) is 5.91 Å². The van der Waals surface area contributed by atoms with Crippen LogP contribution in [0.25, 0.3) is 0 Å². The smallest absolute Gasteiger partial charge is 0.247 e. The highest BCUT2D eigenvalue weighted by Gasteiger charge is 2.02. The van der Waals surface area contributed by atoms with Crippen molar-refractivity contribution in [1.82, 2.24) is 10.5 Å². The lowest BCUT2D eigenvalue weighted by Gasteiger charge is -2.01. The summed E-state index contributed by atoms with van der Waals surface area (Å²) < 4.78 is 0. The Balaban J connectivity index is 2.58. The Labute approximate surface area is 76.9 Å². The number of carbonyl (C=O) groups is 1. The molecule has 1 aromatic heterocycles. The molecule has 0 saturated heterocycles. The first-order chi connectivity index (χ1) is 6.22. The van der Waals surface area contributed by atoms with E-state index in [0.29, 0.717) is 6.42 Å². The molecular formula is C9H12N2O2. The second-order valence-electron chi connectivity index (χ2n) is 2.78. The Morgan fingerprint density at radius 3 is 3.00 bits per heavy atom. The number of aromatic nitrogens is 1. The first-order valence-electron chi connectivity index (χ1n) is 3.94. The molecule has 1 aromatic rings. The van der Waals surface area contributed by atoms with Gasteiger partial charge in [0.1, 0.15) is 0 Å². The van der Waals surface area contributed by atoms with E-state index in [1.165, 1.54) is 7.11 Å². The Hall–Kier alpha value is -1.42. The van der Waals surface area contributed by atoms with Crippen LogP contribution in [0.5, 0.6) is 0 Å². The number of hydrogen-bond acceptors (Lipinski definition) is 3. The second-order valence-corrected chi connectivity index (χ2v) is 2.78. The minimum absolute atomic E-state index is 0.171. The minimum atomic E-state index is -0.171. The Bertz CT molecular complexity index is 299. The van der Waals surface area contributed by atoms with Crippen LogP contribution >= 0.6 is 0 Å². The molecule has 13 heavy (non-hydrogen) atoms. The highest BCUT2D eigenvalue weighted by molar-refractivity contribution is 5.77. The van der Waals surface area contributed by atoms with E-state index in [1.807, 2.05) is 13.0 Å². The van der Waals surface area contributed by atoms with Gasteiger partial charge in [0.05, 0.1) is 13.5 Å². The SMILES string of the molecule is CONC(=O)Cc1cncc(C)c1. The summed E-state index contributed by atoms with van der Waals surface area (Å²) in [6.07, 6.45) is 3.71. The standard InChI is InChI=1S/C9H12N2O2/c1-7-3-8(6-10-5-7)4-9(12)11-13-2/h3,5-6H,4H2,1-2H3,(H,11,12). The molecule has 0 aliphatic carbocycles. The van der Waals surface area contributed by atoms with Crippen molar-refractivity contribution < 1.29 is 9.63 Å². The molecular weight excluding hydrogens is 168 g/mol. The predicted molar refractivity (Wildman–Crippen MR) is 47.8 cm³/mol. The molecule has 0 unspecified atom stereocenters. The van der Waals surface area contributed by atoms with Gasteiger partial charge in [-0.2, -0.15) is 0 Å². The Morgan fingerprint density at radius 1 is 1.62 bits per heavy atom. The maximum atomic E-state index is 11.1. The van der Waals surface area contributed by atoms with Crippen molar-refractivity contribution in [3.8, 4) is 0 Å². The number of carbonyl (C=O) groups excluding carboxylic acids is 1. The van der Waals surface area contributed by atoms with Crippen molar-refractivity contribution in [3.63, 3.8) is 0 Å². The number of pyridine rings is 1. The van der Waals surface area contributed by atoms with Crippen LogP contribution in [-0.4, -0.2) is 18.0 Å². The molecule has 0 radical (unpaired) electrons. The van der Waals surface area contributed by atoms with E-state index < -0.39 is 0 Å². The monoisotopic (exact) mass is 180 g/mol. The predicted octanol–water partition coefficient (Wildman–Crippen LogP) is 0.610. The van der Waals surface area contributed by atoms with Crippen molar-refractivity contribution >= 4 is 5.91 Å². The third-order valence-electron chi connectivity index (χ3n) is 1.51. The average molecular weight is 180 g/mol. The fourth-order valence-electron chi connectivity index (χ4n) is 1.05. The first-order valence-corrected chi connectivity index (χ1v) is 3.94. The van der Waals surface area contributed by atoms with Gasteiger partial charge >= 0.3 is 0 Å². The zero-order chi connectivity index (χ0) is 9.68. The minimum Gasteiger partial charge on any atom is -0.277 e. The van der Waals surface area contributed by atoms with Crippen molar-refractivity contribution in [2.24, 2.45) is 0 Å². The lowest BCUT2D eigenvalue weighted by Crippen LogP contribution is -2.23. The molecule has 4 heteroatoms. The maximum Gasteiger partial charge on any atom is 0.247 e. The molecule has 4 nitrogen and oxygen atoms in total. The summed E-state index contributed by atoms with van der Waals surface area (Å²) >= 11 is 0. The maximum absolute atomic E-state index is 11.1. The van der Waals surface area contributed by atoms with E-state index >= 15 is 0 Å². The number of rotatable bonds is 3. The quantitative estimate of drug-likeness (QED) is 0.693. The van der Waals surface area contributed by atoms with Gasteiger partial charge in [0.15, 0.2) is 0 Å². The Morgan fingerprint density at radius 2 is 2.38 bits per heavy atom. The molecule has 0 aliphatic heterocycles. The zero-order valence-corrected chi connectivity index (χ0v) is 7.70. The van der Waals surface area contributed by atoms with Gasteiger partial charge in [-0.3, -0.25) is 14.6 Å². The summed E-state index contributed by atoms with van der Waals surface area (Å²) in [7, 11) is 1.41. The summed E-state index contributed by atoms with van der Waals surface area (Å²) in [5.74, 6) is -0.171. The highest BCUT2D eigenvalue weighted by atomic mass is 16.6. The normalized spacial score (nSPS) is 9.69. The van der Waals surface area contributed by atoms with E-state index in [1.54, 1.807) is 12.4 Å². The lowest BCUT2D eigenvalue weighted by molar-refractivity contribution is -0.130. The lowest BCUT2D eigenvalue weighted by atomic mass is 10.1. The highest BCUT2D eigenvalue weighted by Crippen LogP contribution is 2.01. The average Bonchev–Trinajstić information content (AvgIpc) is 2.04. The molecule has 70 valence electrons. The van der Waals surface area contributed by atoms with Crippen LogP contribution in [0.3, 0.4) is 0 Å². The van der Waals surface area contributed by atoms with Crippen LogP contribution in [-0.2, 0) is 16.1 Å². The van der Waals surface area contributed by atoms with Crippen molar-refractivity contribution in [3.05, 3.63) is 29.6 Å². The van der Waals surface area contributed by atoms with Gasteiger partial charge in [0, 0.05) is 12.4 Å². The molecule has 1 amide bonds. The van der Waals surface area contributed by atoms with E-state index in [4.69, 9.17) is 0 Å². The van der Waals surface area contributed by atoms with Gasteiger partial charge in [-0.25, -0.2) is 5.48 Å². The summed E-state index contributed by atoms with van der Waals surface area (Å²) in [6, 6.07) is 1.92. The summed E-state index contributed by atoms with van der Waals surface area (Å²) in [6.45, 7) is 1.94. The molecule has 1 N–H and O–H groups in total. The third-order valence-corrected chi connectivity index (χ3v) is 1.51. The largest absolute Gasteiger partial charge is 0.277 e. The molecule has 0 bridgehead atoms. The van der Waals surface area contributed by atoms with Crippen molar-refractivity contribution in [1.29, 1.82) is 0 Å². The van der Waals surface area contributed by atoms with E-state index in [2.05, 4.69) is 15.3 Å². The number of nitrogens with zero attached hydrogens (tertiary/aromatic N) is 1. The number of nitrogens with one attached hydrogen (secondary N) is 1. The molecule has 0 aliphatic rings. The first kappa shape index (κ1) is 9.67. The number of hydroxylamine groups is 1. The zero-order valence-electron chi connectivity index (χ0n) is 7.70. The summed E-state index contributed by atoms with van der Waals surface area (Å²) in [5, 5.41) is 0. The van der Waals surface area contributed by atoms with Crippen molar-refractivity contribution in [2.75, 3.05) is 7.11 Å². The van der Waals surface area contributed by atoms with Crippen LogP contribution < -0.4 is 5.48 Å². The van der Waals surface area contributed by atoms with Crippen LogP contribution in [0.1, 0.15) is 11.1 Å². The van der Waals surface area contributed by atoms with Gasteiger partial charge < -0.3 is 0 Å². The molecule has 0 fully saturated rings. The van der Waals surface area contributed by atoms with Gasteiger partial charge in [-0.1, -0.05) is 6.07 Å². The van der Waals surface area contributed by atoms with Crippen LogP contribution in [0.15, 0.2) is 18.5 Å². The fraction of sp³-hybridized carbons (Fsp3) is 0.333. The van der Waals surface area contributed by atoms with Gasteiger partial charge in [0.2, 0.25) is 5.91 Å². The molecule has 1 rings (SSSR count). The van der Waals surface area contributed by atoms with Gasteiger partial charge in [-0.15, -0.1) is 0 Å². The van der Waals surface area contributed by atoms with Gasteiger partial charge in [0.25, 0.3) is 0 Å². The molecule has 0 atom stereocenters. The van der Waals surface area contributed by atoms with E-state index in [9.17, 15) is 4.79 Å². The fourth-order valence-corrected chi connectivity index (χ4v) is 1.05. The topological polar surface area (TPSA) is 51.2 Å².